The van der Waals surface area contributed by atoms with Crippen molar-refractivity contribution in [3.8, 4) is 11.5 Å². The van der Waals surface area contributed by atoms with Gasteiger partial charge in [0.2, 0.25) is 0 Å². The van der Waals surface area contributed by atoms with Crippen molar-refractivity contribution in [3.05, 3.63) is 33.2 Å². The maximum Gasteiger partial charge on any atom is 0.135 e. The van der Waals surface area contributed by atoms with Crippen molar-refractivity contribution < 1.29 is 9.47 Å². The summed E-state index contributed by atoms with van der Waals surface area (Å²) in [6, 6.07) is 3.74. The lowest BCUT2D eigenvalue weighted by Crippen LogP contribution is -1.95. The fraction of sp³-hybridized carbons (Fsp3) is 0.273. The summed E-state index contributed by atoms with van der Waals surface area (Å²) < 4.78 is 12.5. The van der Waals surface area contributed by atoms with Crippen molar-refractivity contribution in [2.24, 2.45) is 0 Å². The van der Waals surface area contributed by atoms with E-state index in [9.17, 15) is 0 Å². The number of halogens is 2. The van der Waals surface area contributed by atoms with Crippen LogP contribution in [0, 0.1) is 0 Å². The van der Waals surface area contributed by atoms with Gasteiger partial charge in [0, 0.05) is 5.75 Å². The minimum atomic E-state index is 0.526. The summed E-state index contributed by atoms with van der Waals surface area (Å²) in [5, 5.41) is 0. The topological polar surface area (TPSA) is 18.5 Å². The molecule has 0 atom stereocenters. The summed E-state index contributed by atoms with van der Waals surface area (Å²) in [6.45, 7) is 0.526. The average Bonchev–Trinajstić information content (AvgIpc) is 2.28. The zero-order valence-corrected chi connectivity index (χ0v) is 12.8. The van der Waals surface area contributed by atoms with Gasteiger partial charge in [-0.05, 0) is 44.0 Å². The third kappa shape index (κ3) is 4.03. The lowest BCUT2D eigenvalue weighted by Gasteiger charge is -2.09. The van der Waals surface area contributed by atoms with Crippen molar-refractivity contribution in [2.45, 2.75) is 0 Å². The summed E-state index contributed by atoms with van der Waals surface area (Å²) >= 11 is 10.9. The van der Waals surface area contributed by atoms with E-state index in [1.54, 1.807) is 7.11 Å². The molecule has 0 heterocycles. The molecule has 5 heteroatoms. The average molecular weight is 368 g/mol. The molecule has 0 amide bonds. The predicted molar refractivity (Wildman–Crippen MR) is 76.9 cm³/mol. The molecule has 0 unspecified atom stereocenters. The fourth-order valence-corrected chi connectivity index (χ4v) is 2.13. The van der Waals surface area contributed by atoms with E-state index in [1.807, 2.05) is 24.3 Å². The number of hydrogen-bond donors (Lipinski definition) is 1. The maximum absolute atomic E-state index is 5.57. The highest BCUT2D eigenvalue weighted by molar-refractivity contribution is 9.11. The monoisotopic (exact) mass is 366 g/mol. The molecule has 0 spiro atoms. The van der Waals surface area contributed by atoms with Gasteiger partial charge in [0.15, 0.2) is 0 Å². The van der Waals surface area contributed by atoms with Gasteiger partial charge in [-0.25, -0.2) is 0 Å². The zero-order chi connectivity index (χ0) is 12.0. The van der Waals surface area contributed by atoms with Crippen LogP contribution in [0.2, 0.25) is 0 Å². The van der Waals surface area contributed by atoms with Crippen LogP contribution in [0.25, 0.3) is 0 Å². The summed E-state index contributed by atoms with van der Waals surface area (Å²) in [6.07, 6.45) is 3.87. The highest BCUT2D eigenvalue weighted by Crippen LogP contribution is 2.35. The first-order valence-corrected chi connectivity index (χ1v) is 6.82. The van der Waals surface area contributed by atoms with Crippen LogP contribution >= 0.6 is 44.5 Å². The second-order valence-corrected chi connectivity index (χ2v) is 4.96. The molecule has 0 aliphatic rings. The molecular weight excluding hydrogens is 356 g/mol. The first-order chi connectivity index (χ1) is 7.69. The third-order valence-corrected chi connectivity index (χ3v) is 3.26. The lowest BCUT2D eigenvalue weighted by molar-refractivity contribution is 0.357. The molecule has 16 heavy (non-hydrogen) atoms. The normalized spacial score (nSPS) is 10.8. The van der Waals surface area contributed by atoms with Crippen LogP contribution in [-0.2, 0) is 0 Å². The van der Waals surface area contributed by atoms with Gasteiger partial charge in [0.25, 0.3) is 0 Å². The molecule has 0 aromatic heterocycles. The Hall–Kier alpha value is -0.130. The molecule has 2 nitrogen and oxygen atoms in total. The van der Waals surface area contributed by atoms with Crippen molar-refractivity contribution in [1.29, 1.82) is 0 Å². The van der Waals surface area contributed by atoms with E-state index >= 15 is 0 Å². The molecule has 0 aliphatic heterocycles. The van der Waals surface area contributed by atoms with Crippen LogP contribution in [0.5, 0.6) is 11.5 Å². The van der Waals surface area contributed by atoms with Gasteiger partial charge in [-0.2, -0.15) is 12.6 Å². The van der Waals surface area contributed by atoms with E-state index in [0.717, 1.165) is 26.2 Å². The number of rotatable bonds is 5. The van der Waals surface area contributed by atoms with E-state index in [4.69, 9.17) is 9.47 Å². The van der Waals surface area contributed by atoms with E-state index in [2.05, 4.69) is 44.5 Å². The van der Waals surface area contributed by atoms with Gasteiger partial charge in [0.05, 0.1) is 16.1 Å². The predicted octanol–water partition coefficient (Wildman–Crippen LogP) is 4.09. The molecule has 0 radical (unpaired) electrons. The summed E-state index contributed by atoms with van der Waals surface area (Å²) in [4.78, 5) is 0. The first-order valence-electron chi connectivity index (χ1n) is 4.60. The molecule has 88 valence electrons. The molecule has 1 aromatic rings. The second kappa shape index (κ2) is 7.25. The standard InChI is InChI=1S/C11H12Br2O2S/c1-14-10-6-9(13)11(7-8(10)12)15-4-2-3-5-16/h2-3,6-7,16H,4-5H2,1H3. The van der Waals surface area contributed by atoms with E-state index in [1.165, 1.54) is 0 Å². The molecule has 1 rings (SSSR count). The highest BCUT2D eigenvalue weighted by Gasteiger charge is 2.07. The molecular formula is C11H12Br2O2S. The SMILES string of the molecule is COc1cc(Br)c(OCC=CCS)cc1Br. The lowest BCUT2D eigenvalue weighted by atomic mass is 10.3. The third-order valence-electron chi connectivity index (χ3n) is 1.81. The maximum atomic E-state index is 5.57. The van der Waals surface area contributed by atoms with Gasteiger partial charge < -0.3 is 9.47 Å². The number of methoxy groups -OCH3 is 1. The first kappa shape index (κ1) is 13.9. The molecule has 1 aromatic carbocycles. The quantitative estimate of drug-likeness (QED) is 0.624. The van der Waals surface area contributed by atoms with Gasteiger partial charge in [-0.15, -0.1) is 0 Å². The van der Waals surface area contributed by atoms with E-state index < -0.39 is 0 Å². The summed E-state index contributed by atoms with van der Waals surface area (Å²) in [5.41, 5.74) is 0. The minimum absolute atomic E-state index is 0.526. The number of benzene rings is 1. The largest absolute Gasteiger partial charge is 0.496 e. The Kier molecular flexibility index (Phi) is 6.31. The highest BCUT2D eigenvalue weighted by atomic mass is 79.9. The van der Waals surface area contributed by atoms with Gasteiger partial charge in [-0.3, -0.25) is 0 Å². The summed E-state index contributed by atoms with van der Waals surface area (Å²) in [7, 11) is 1.63. The van der Waals surface area contributed by atoms with Crippen molar-refractivity contribution >= 4 is 44.5 Å². The Morgan fingerprint density at radius 2 is 1.81 bits per heavy atom. The van der Waals surface area contributed by atoms with Crippen LogP contribution in [0.15, 0.2) is 33.2 Å². The number of thiol groups is 1. The van der Waals surface area contributed by atoms with Crippen LogP contribution in [0.1, 0.15) is 0 Å². The number of ether oxygens (including phenoxy) is 2. The van der Waals surface area contributed by atoms with E-state index in [0.29, 0.717) is 6.61 Å². The van der Waals surface area contributed by atoms with Gasteiger partial charge in [-0.1, -0.05) is 12.2 Å². The Labute approximate surface area is 118 Å². The van der Waals surface area contributed by atoms with Crippen molar-refractivity contribution in [2.75, 3.05) is 19.5 Å². The van der Waals surface area contributed by atoms with Crippen LogP contribution in [0.3, 0.4) is 0 Å². The zero-order valence-electron chi connectivity index (χ0n) is 8.74. The van der Waals surface area contributed by atoms with Crippen molar-refractivity contribution in [1.82, 2.24) is 0 Å². The van der Waals surface area contributed by atoms with E-state index in [-0.39, 0.29) is 0 Å². The smallest absolute Gasteiger partial charge is 0.135 e. The van der Waals surface area contributed by atoms with Crippen LogP contribution in [-0.4, -0.2) is 19.5 Å². The van der Waals surface area contributed by atoms with Crippen molar-refractivity contribution in [3.63, 3.8) is 0 Å². The number of hydrogen-bond acceptors (Lipinski definition) is 3. The molecule has 0 N–H and O–H groups in total. The van der Waals surface area contributed by atoms with Crippen LogP contribution in [0.4, 0.5) is 0 Å². The summed E-state index contributed by atoms with van der Waals surface area (Å²) in [5.74, 6) is 2.26. The molecule has 0 fully saturated rings. The van der Waals surface area contributed by atoms with Crippen LogP contribution < -0.4 is 9.47 Å². The molecule has 0 saturated heterocycles. The fourth-order valence-electron chi connectivity index (χ4n) is 1.06. The molecule has 0 aliphatic carbocycles. The molecule has 0 saturated carbocycles. The second-order valence-electron chi connectivity index (χ2n) is 2.88. The van der Waals surface area contributed by atoms with Gasteiger partial charge in [0.1, 0.15) is 18.1 Å². The Bertz CT molecular complexity index is 380. The van der Waals surface area contributed by atoms with Gasteiger partial charge >= 0.3 is 0 Å². The minimum Gasteiger partial charge on any atom is -0.496 e. The Balaban J connectivity index is 2.73. The Morgan fingerprint density at radius 1 is 1.19 bits per heavy atom. The Morgan fingerprint density at radius 3 is 2.44 bits per heavy atom. The molecule has 0 bridgehead atoms.